The highest BCUT2D eigenvalue weighted by Crippen LogP contribution is 2.02. The Kier molecular flexibility index (Phi) is 8.02. The van der Waals surface area contributed by atoms with E-state index >= 15 is 0 Å². The number of nitrogens with one attached hydrogen (secondary N) is 1. The summed E-state index contributed by atoms with van der Waals surface area (Å²) in [5, 5.41) is 11.6. The predicted octanol–water partition coefficient (Wildman–Crippen LogP) is 2.34. The molecule has 124 valence electrons. The van der Waals surface area contributed by atoms with Crippen LogP contribution in [0.15, 0.2) is 63.8 Å². The molecule has 0 aliphatic heterocycles. The van der Waals surface area contributed by atoms with E-state index in [-0.39, 0.29) is 18.4 Å². The number of hydrogen-bond donors (Lipinski definition) is 2. The van der Waals surface area contributed by atoms with E-state index < -0.39 is 0 Å². The number of benzene rings is 2. The number of guanidine groups is 1. The molecule has 0 bridgehead atoms. The Morgan fingerprint density at radius 1 is 0.960 bits per heavy atom. The van der Waals surface area contributed by atoms with Gasteiger partial charge in [0.2, 0.25) is 5.96 Å². The fourth-order valence-electron chi connectivity index (χ4n) is 1.77. The molecule has 0 aliphatic rings. The number of rotatable bonds is 4. The zero-order valence-corrected chi connectivity index (χ0v) is 14.1. The lowest BCUT2D eigenvalue weighted by Crippen LogP contribution is -2.26. The molecule has 5 nitrogen and oxygen atoms in total. The van der Waals surface area contributed by atoms with Crippen molar-refractivity contribution < 1.29 is 0 Å². The monoisotopic (exact) mass is 349 g/mol. The van der Waals surface area contributed by atoms with Crippen LogP contribution >= 0.6 is 12.4 Å². The molecule has 0 saturated heterocycles. The van der Waals surface area contributed by atoms with Crippen LogP contribution in [0.3, 0.4) is 0 Å². The number of halogens is 1. The third-order valence-electron chi connectivity index (χ3n) is 2.87. The Bertz CT molecular complexity index is 885. The summed E-state index contributed by atoms with van der Waals surface area (Å²) in [5.74, 6) is 5.17. The Hall–Kier alpha value is -3.54. The van der Waals surface area contributed by atoms with Crippen LogP contribution in [-0.4, -0.2) is 18.4 Å². The van der Waals surface area contributed by atoms with Gasteiger partial charge in [0.25, 0.3) is 0 Å². The van der Waals surface area contributed by atoms with Crippen molar-refractivity contribution in [3.63, 3.8) is 0 Å². The van der Waals surface area contributed by atoms with Crippen LogP contribution in [0, 0.1) is 24.7 Å². The van der Waals surface area contributed by atoms with Gasteiger partial charge in [0.05, 0.1) is 12.4 Å². The van der Waals surface area contributed by atoms with Gasteiger partial charge in [-0.3, -0.25) is 0 Å². The molecule has 2 aromatic rings. The van der Waals surface area contributed by atoms with E-state index in [1.165, 1.54) is 0 Å². The number of terminal acetylenes is 2. The number of hydrogen-bond acceptors (Lipinski definition) is 3. The summed E-state index contributed by atoms with van der Waals surface area (Å²) in [4.78, 5) is 0. The van der Waals surface area contributed by atoms with Crippen molar-refractivity contribution in [1.29, 1.82) is 0 Å². The standard InChI is InChI=1S/C19H15N5.ClH/c1-3-15-7-5-9-17(11-15)13-21-23-19(20)24-22-14-18-10-6-8-16(4-2)12-18;/h1-2,5-14H,(H3,20,23,24);1H. The minimum absolute atomic E-state index is 0. The van der Waals surface area contributed by atoms with Crippen LogP contribution < -0.4 is 11.2 Å². The van der Waals surface area contributed by atoms with Crippen molar-refractivity contribution in [2.45, 2.75) is 0 Å². The van der Waals surface area contributed by atoms with Gasteiger partial charge in [-0.1, -0.05) is 36.1 Å². The molecule has 6 heteroatoms. The number of nitrogens with zero attached hydrogens (tertiary/aromatic N) is 3. The fraction of sp³-hybridized carbons (Fsp3) is 0. The summed E-state index contributed by atoms with van der Waals surface area (Å²) in [7, 11) is 0. The minimum atomic E-state index is 0. The largest absolute Gasteiger partial charge is 0.367 e. The first-order valence-electron chi connectivity index (χ1n) is 7.00. The molecule has 0 aliphatic carbocycles. The smallest absolute Gasteiger partial charge is 0.234 e. The van der Waals surface area contributed by atoms with Crippen LogP contribution in [0.4, 0.5) is 0 Å². The third kappa shape index (κ3) is 6.62. The molecule has 2 aromatic carbocycles. The topological polar surface area (TPSA) is 75.1 Å². The Labute approximate surface area is 153 Å². The van der Waals surface area contributed by atoms with Gasteiger partial charge < -0.3 is 5.73 Å². The Morgan fingerprint density at radius 2 is 1.52 bits per heavy atom. The normalized spacial score (nSPS) is 10.9. The summed E-state index contributed by atoms with van der Waals surface area (Å²) in [6.45, 7) is 0. The quantitative estimate of drug-likeness (QED) is 0.385. The average Bonchev–Trinajstić information content (AvgIpc) is 2.62. The lowest BCUT2D eigenvalue weighted by molar-refractivity contribution is 0.994. The van der Waals surface area contributed by atoms with E-state index in [2.05, 4.69) is 32.6 Å². The summed E-state index contributed by atoms with van der Waals surface area (Å²) < 4.78 is 0. The minimum Gasteiger partial charge on any atom is -0.367 e. The molecule has 0 saturated carbocycles. The van der Waals surface area contributed by atoms with Gasteiger partial charge in [0.1, 0.15) is 0 Å². The summed E-state index contributed by atoms with van der Waals surface area (Å²) in [5.41, 5.74) is 11.5. The van der Waals surface area contributed by atoms with Gasteiger partial charge >= 0.3 is 0 Å². The summed E-state index contributed by atoms with van der Waals surface area (Å²) in [6.07, 6.45) is 13.8. The van der Waals surface area contributed by atoms with Gasteiger partial charge in [-0.05, 0) is 35.4 Å². The van der Waals surface area contributed by atoms with Gasteiger partial charge in [-0.15, -0.1) is 30.4 Å². The number of nitrogens with two attached hydrogens (primary N) is 1. The molecule has 0 radical (unpaired) electrons. The molecule has 0 amide bonds. The Morgan fingerprint density at radius 3 is 2.08 bits per heavy atom. The van der Waals surface area contributed by atoms with Gasteiger partial charge in [-0.2, -0.15) is 10.2 Å². The molecule has 0 spiro atoms. The van der Waals surface area contributed by atoms with Crippen LogP contribution in [-0.2, 0) is 0 Å². The zero-order valence-electron chi connectivity index (χ0n) is 13.3. The second-order valence-corrected chi connectivity index (χ2v) is 4.64. The molecule has 25 heavy (non-hydrogen) atoms. The third-order valence-corrected chi connectivity index (χ3v) is 2.87. The second-order valence-electron chi connectivity index (χ2n) is 4.64. The highest BCUT2D eigenvalue weighted by molar-refractivity contribution is 5.85. The maximum atomic E-state index is 5.66. The summed E-state index contributed by atoms with van der Waals surface area (Å²) >= 11 is 0. The number of hydrazone groups is 1. The van der Waals surface area contributed by atoms with Crippen LogP contribution in [0.5, 0.6) is 0 Å². The second kappa shape index (κ2) is 10.3. The van der Waals surface area contributed by atoms with Crippen LogP contribution in [0.1, 0.15) is 22.3 Å². The van der Waals surface area contributed by atoms with Gasteiger partial charge in [0.15, 0.2) is 0 Å². The molecule has 3 N–H and O–H groups in total. The highest BCUT2D eigenvalue weighted by Gasteiger charge is 1.92. The van der Waals surface area contributed by atoms with Crippen molar-refractivity contribution in [2.75, 3.05) is 0 Å². The molecule has 0 heterocycles. The first-order valence-corrected chi connectivity index (χ1v) is 7.00. The van der Waals surface area contributed by atoms with Crippen molar-refractivity contribution in [1.82, 2.24) is 5.43 Å². The molecule has 0 fully saturated rings. The van der Waals surface area contributed by atoms with Crippen LogP contribution in [0.2, 0.25) is 0 Å². The van der Waals surface area contributed by atoms with Crippen LogP contribution in [0.25, 0.3) is 0 Å². The lowest BCUT2D eigenvalue weighted by Gasteiger charge is -1.97. The van der Waals surface area contributed by atoms with E-state index in [0.29, 0.717) is 0 Å². The zero-order chi connectivity index (χ0) is 17.2. The molecule has 0 unspecified atom stereocenters. The van der Waals surface area contributed by atoms with E-state index in [1.807, 2.05) is 48.5 Å². The van der Waals surface area contributed by atoms with Crippen molar-refractivity contribution >= 4 is 30.8 Å². The van der Waals surface area contributed by atoms with Gasteiger partial charge in [-0.25, -0.2) is 5.43 Å². The predicted molar refractivity (Wildman–Crippen MR) is 106 cm³/mol. The van der Waals surface area contributed by atoms with E-state index in [0.717, 1.165) is 22.3 Å². The fourth-order valence-corrected chi connectivity index (χ4v) is 1.77. The van der Waals surface area contributed by atoms with Gasteiger partial charge in [0, 0.05) is 11.1 Å². The Balaban J connectivity index is 0.00000312. The van der Waals surface area contributed by atoms with Crippen molar-refractivity contribution in [3.8, 4) is 24.7 Å². The lowest BCUT2D eigenvalue weighted by atomic mass is 10.1. The maximum Gasteiger partial charge on any atom is 0.234 e. The first kappa shape index (κ1) is 19.5. The van der Waals surface area contributed by atoms with Crippen molar-refractivity contribution in [3.05, 3.63) is 70.8 Å². The molecular formula is C19H16ClN5. The SMILES string of the molecule is C#Cc1cccc(C=N/N=C(/N)NN=Cc2cccc(C#C)c2)c1.Cl. The van der Waals surface area contributed by atoms with E-state index in [4.69, 9.17) is 18.6 Å². The average molecular weight is 350 g/mol. The molecule has 0 aromatic heterocycles. The summed E-state index contributed by atoms with van der Waals surface area (Å²) in [6, 6.07) is 14.7. The molecular weight excluding hydrogens is 334 g/mol. The van der Waals surface area contributed by atoms with E-state index in [9.17, 15) is 0 Å². The molecule has 2 rings (SSSR count). The van der Waals surface area contributed by atoms with E-state index in [1.54, 1.807) is 12.4 Å². The molecule has 0 atom stereocenters. The first-order chi connectivity index (χ1) is 11.7. The van der Waals surface area contributed by atoms with Crippen molar-refractivity contribution in [2.24, 2.45) is 21.0 Å². The maximum absolute atomic E-state index is 5.66. The highest BCUT2D eigenvalue weighted by atomic mass is 35.5.